The molecule has 3 atom stereocenters. The van der Waals surface area contributed by atoms with Gasteiger partial charge in [-0.3, -0.25) is 14.4 Å². The van der Waals surface area contributed by atoms with Gasteiger partial charge < -0.3 is 35.7 Å². The van der Waals surface area contributed by atoms with Gasteiger partial charge in [-0.15, -0.1) is 0 Å². The maximum atomic E-state index is 13.2. The molecule has 0 aliphatic carbocycles. The van der Waals surface area contributed by atoms with Crippen molar-refractivity contribution in [2.45, 2.75) is 51.4 Å². The van der Waals surface area contributed by atoms with Crippen LogP contribution in [0.3, 0.4) is 0 Å². The molecule has 10 nitrogen and oxygen atoms in total. The third kappa shape index (κ3) is 8.45. The Morgan fingerprint density at radius 3 is 1.97 bits per heavy atom. The van der Waals surface area contributed by atoms with E-state index in [4.69, 9.17) is 5.11 Å². The third-order valence-electron chi connectivity index (χ3n) is 4.94. The molecule has 0 heterocycles. The van der Waals surface area contributed by atoms with Crippen LogP contribution in [0.15, 0.2) is 0 Å². The lowest BCUT2D eigenvalue weighted by atomic mass is 9.99. The van der Waals surface area contributed by atoms with Gasteiger partial charge in [0.05, 0.1) is 52.9 Å². The summed E-state index contributed by atoms with van der Waals surface area (Å²) in [6.45, 7) is 1.44. The van der Waals surface area contributed by atoms with E-state index in [0.717, 1.165) is 0 Å². The van der Waals surface area contributed by atoms with Crippen LogP contribution in [0, 0.1) is 10.7 Å². The number of aliphatic hydroxyl groups is 5. The monoisotopic (exact) mass is 818 g/mol. The maximum Gasteiger partial charge on any atom is 0.253 e. The minimum absolute atomic E-state index is 0.0185. The van der Waals surface area contributed by atoms with Gasteiger partial charge in [0, 0.05) is 32.6 Å². The van der Waals surface area contributed by atoms with E-state index in [9.17, 15) is 34.8 Å². The number of halogens is 3. The SMILES string of the molecule is CCC(O)CCC(=O)c1c(I)c(C(=O)NCC(O)CO)c(I)c(N(CC(O)CO)C(C)=O)c1I. The molecule has 0 bridgehead atoms. The van der Waals surface area contributed by atoms with Crippen molar-refractivity contribution in [1.29, 1.82) is 0 Å². The van der Waals surface area contributed by atoms with E-state index in [1.807, 2.05) is 67.8 Å². The Labute approximate surface area is 238 Å². The smallest absolute Gasteiger partial charge is 0.253 e. The number of benzene rings is 1. The van der Waals surface area contributed by atoms with Crippen molar-refractivity contribution in [3.8, 4) is 0 Å². The van der Waals surface area contributed by atoms with Crippen molar-refractivity contribution < 1.29 is 39.9 Å². The largest absolute Gasteiger partial charge is 0.394 e. The summed E-state index contributed by atoms with van der Waals surface area (Å²) >= 11 is 5.70. The lowest BCUT2D eigenvalue weighted by Gasteiger charge is -2.28. The topological polar surface area (TPSA) is 168 Å². The molecule has 0 saturated carbocycles. The highest BCUT2D eigenvalue weighted by Crippen LogP contribution is 2.39. The van der Waals surface area contributed by atoms with Crippen LogP contribution in [0.5, 0.6) is 0 Å². The van der Waals surface area contributed by atoms with E-state index in [0.29, 0.717) is 17.1 Å². The predicted molar refractivity (Wildman–Crippen MR) is 151 cm³/mol. The summed E-state index contributed by atoms with van der Waals surface area (Å²) in [5.41, 5.74) is 0.553. The van der Waals surface area contributed by atoms with Crippen LogP contribution >= 0.6 is 67.8 Å². The highest BCUT2D eigenvalue weighted by atomic mass is 127. The van der Waals surface area contributed by atoms with E-state index >= 15 is 0 Å². The Bertz CT molecular complexity index is 846. The first-order valence-corrected chi connectivity index (χ1v) is 13.7. The number of rotatable bonds is 13. The summed E-state index contributed by atoms with van der Waals surface area (Å²) in [5.74, 6) is -1.41. The van der Waals surface area contributed by atoms with Gasteiger partial charge in [0.25, 0.3) is 5.91 Å². The lowest BCUT2D eigenvalue weighted by molar-refractivity contribution is -0.117. The maximum absolute atomic E-state index is 13.2. The fourth-order valence-corrected chi connectivity index (χ4v) is 7.81. The van der Waals surface area contributed by atoms with Gasteiger partial charge in [0.2, 0.25) is 5.91 Å². The summed E-state index contributed by atoms with van der Waals surface area (Å²) in [7, 11) is 0. The average molecular weight is 818 g/mol. The summed E-state index contributed by atoms with van der Waals surface area (Å²) < 4.78 is 1.08. The van der Waals surface area contributed by atoms with Gasteiger partial charge >= 0.3 is 0 Å². The number of carbonyl (C=O) groups excluding carboxylic acids is 3. The molecule has 1 aromatic carbocycles. The summed E-state index contributed by atoms with van der Waals surface area (Å²) in [6.07, 6.45) is -2.34. The first-order valence-electron chi connectivity index (χ1n) is 10.5. The highest BCUT2D eigenvalue weighted by Gasteiger charge is 2.32. The molecule has 0 aromatic heterocycles. The van der Waals surface area contributed by atoms with Gasteiger partial charge in [0.15, 0.2) is 5.78 Å². The van der Waals surface area contributed by atoms with Crippen LogP contribution in [-0.2, 0) is 4.79 Å². The second-order valence-corrected chi connectivity index (χ2v) is 10.8. The molecule has 0 saturated heterocycles. The molecule has 2 amide bonds. The van der Waals surface area contributed by atoms with Gasteiger partial charge in [-0.1, -0.05) is 6.92 Å². The quantitative estimate of drug-likeness (QED) is 0.127. The molecule has 192 valence electrons. The number of nitrogens with zero attached hydrogens (tertiary/aromatic N) is 1. The first kappa shape index (κ1) is 31.8. The van der Waals surface area contributed by atoms with E-state index in [2.05, 4.69) is 5.32 Å². The number of nitrogens with one attached hydrogen (secondary N) is 1. The fourth-order valence-electron chi connectivity index (χ4n) is 2.97. The molecular formula is C21H29I3N2O8. The summed E-state index contributed by atoms with van der Waals surface area (Å²) in [5, 5.41) is 50.4. The zero-order chi connectivity index (χ0) is 26.2. The number of anilines is 1. The minimum atomic E-state index is -1.24. The standard InChI is InChI=1S/C21H29I3N2O8/c1-3-11(30)4-5-14(33)15-17(22)16(21(34)25-6-12(31)8-27)19(24)20(18(15)23)26(10(2)29)7-13(32)9-28/h11-13,27-28,30-32H,3-9H2,1-2H3,(H,25,34). The second kappa shape index (κ2) is 15.2. The van der Waals surface area contributed by atoms with Crippen molar-refractivity contribution in [3.63, 3.8) is 0 Å². The molecular weight excluding hydrogens is 789 g/mol. The fraction of sp³-hybridized carbons (Fsp3) is 0.571. The highest BCUT2D eigenvalue weighted by molar-refractivity contribution is 14.1. The molecule has 34 heavy (non-hydrogen) atoms. The number of amides is 2. The molecule has 6 N–H and O–H groups in total. The van der Waals surface area contributed by atoms with E-state index in [1.54, 1.807) is 6.92 Å². The van der Waals surface area contributed by atoms with Gasteiger partial charge in [-0.2, -0.15) is 0 Å². The minimum Gasteiger partial charge on any atom is -0.394 e. The van der Waals surface area contributed by atoms with E-state index in [1.165, 1.54) is 11.8 Å². The summed E-state index contributed by atoms with van der Waals surface area (Å²) in [6, 6.07) is 0. The Balaban J connectivity index is 3.73. The molecule has 0 spiro atoms. The van der Waals surface area contributed by atoms with Crippen LogP contribution in [0.25, 0.3) is 0 Å². The molecule has 0 fully saturated rings. The number of ketones is 1. The van der Waals surface area contributed by atoms with Gasteiger partial charge in [-0.05, 0) is 80.6 Å². The number of carbonyl (C=O) groups is 3. The number of hydrogen-bond donors (Lipinski definition) is 6. The number of Topliss-reactive ketones (excluding diaryl/α,β-unsaturated/α-hetero) is 1. The third-order valence-corrected chi connectivity index (χ3v) is 8.12. The van der Waals surface area contributed by atoms with Crippen LogP contribution < -0.4 is 10.2 Å². The van der Waals surface area contributed by atoms with Crippen LogP contribution in [0.1, 0.15) is 53.8 Å². The number of hydrogen-bond acceptors (Lipinski definition) is 8. The van der Waals surface area contributed by atoms with Crippen LogP contribution in [0.2, 0.25) is 0 Å². The van der Waals surface area contributed by atoms with E-state index < -0.39 is 43.3 Å². The second-order valence-electron chi connectivity index (χ2n) is 7.58. The Hall–Kier alpha value is -0.180. The van der Waals surface area contributed by atoms with Crippen molar-refractivity contribution in [1.82, 2.24) is 5.32 Å². The van der Waals surface area contributed by atoms with Crippen LogP contribution in [-0.4, -0.2) is 87.7 Å². The average Bonchev–Trinajstić information content (AvgIpc) is 2.79. The van der Waals surface area contributed by atoms with Gasteiger partial charge in [0.1, 0.15) is 0 Å². The van der Waals surface area contributed by atoms with Crippen molar-refractivity contribution >= 4 is 91.1 Å². The predicted octanol–water partition coefficient (Wildman–Crippen LogP) is 1.02. The van der Waals surface area contributed by atoms with Crippen molar-refractivity contribution in [2.75, 3.05) is 31.2 Å². The zero-order valence-corrected chi connectivity index (χ0v) is 25.2. The Morgan fingerprint density at radius 1 is 0.912 bits per heavy atom. The summed E-state index contributed by atoms with van der Waals surface area (Å²) in [4.78, 5) is 40.0. The number of aliphatic hydroxyl groups excluding tert-OH is 5. The van der Waals surface area contributed by atoms with Gasteiger partial charge in [-0.25, -0.2) is 0 Å². The molecule has 1 rings (SSSR count). The van der Waals surface area contributed by atoms with Crippen LogP contribution in [0.4, 0.5) is 5.69 Å². The molecule has 0 aliphatic rings. The zero-order valence-electron chi connectivity index (χ0n) is 18.7. The van der Waals surface area contributed by atoms with Crippen molar-refractivity contribution in [3.05, 3.63) is 21.8 Å². The molecule has 0 aliphatic heterocycles. The Kier molecular flexibility index (Phi) is 14.2. The van der Waals surface area contributed by atoms with E-state index in [-0.39, 0.29) is 48.5 Å². The lowest BCUT2D eigenvalue weighted by Crippen LogP contribution is -2.40. The Morgan fingerprint density at radius 2 is 1.47 bits per heavy atom. The first-order chi connectivity index (χ1) is 15.9. The molecule has 0 radical (unpaired) electrons. The molecule has 3 unspecified atom stereocenters. The normalized spacial score (nSPS) is 13.8. The van der Waals surface area contributed by atoms with Crippen molar-refractivity contribution in [2.24, 2.45) is 0 Å². The molecule has 13 heteroatoms. The molecule has 1 aromatic rings.